The molecule has 1 aliphatic rings. The lowest BCUT2D eigenvalue weighted by Gasteiger charge is -2.15. The minimum Gasteiger partial charge on any atom is -0.341 e. The maximum Gasteiger partial charge on any atom is 0.227 e. The zero-order valence-corrected chi connectivity index (χ0v) is 10.3. The summed E-state index contributed by atoms with van der Waals surface area (Å²) in [6, 6.07) is 6.25. The summed E-state index contributed by atoms with van der Waals surface area (Å²) in [4.78, 5) is 13.6. The smallest absolute Gasteiger partial charge is 0.227 e. The van der Waals surface area contributed by atoms with Gasteiger partial charge in [0, 0.05) is 19.1 Å². The normalized spacial score (nSPS) is 18.9. The Morgan fingerprint density at radius 2 is 2.29 bits per heavy atom. The Labute approximate surface area is 106 Å². The molecule has 0 aliphatic carbocycles. The van der Waals surface area contributed by atoms with Crippen LogP contribution in [-0.4, -0.2) is 29.9 Å². The van der Waals surface area contributed by atoms with Gasteiger partial charge < -0.3 is 10.6 Å². The first-order valence-electron chi connectivity index (χ1n) is 5.43. The van der Waals surface area contributed by atoms with E-state index in [1.807, 2.05) is 0 Å². The summed E-state index contributed by atoms with van der Waals surface area (Å²) in [5.74, 6) is -0.276. The Hall–Kier alpha value is -1.13. The van der Waals surface area contributed by atoms with Gasteiger partial charge in [0.05, 0.1) is 6.42 Å². The van der Waals surface area contributed by atoms with Crippen molar-refractivity contribution in [3.63, 3.8) is 0 Å². The molecule has 0 bridgehead atoms. The lowest BCUT2D eigenvalue weighted by Crippen LogP contribution is -2.32. The molecule has 2 N–H and O–H groups in total. The van der Waals surface area contributed by atoms with Gasteiger partial charge in [0.1, 0.15) is 5.82 Å². The van der Waals surface area contributed by atoms with Gasteiger partial charge in [-0.3, -0.25) is 4.79 Å². The Morgan fingerprint density at radius 3 is 2.88 bits per heavy atom. The van der Waals surface area contributed by atoms with E-state index < -0.39 is 0 Å². The molecule has 1 atom stereocenters. The molecular weight excluding hydrogens is 243 g/mol. The molecule has 1 aliphatic heterocycles. The second-order valence-electron chi connectivity index (χ2n) is 4.20. The molecule has 1 fully saturated rings. The van der Waals surface area contributed by atoms with Gasteiger partial charge in [-0.1, -0.05) is 12.1 Å². The molecule has 94 valence electrons. The zero-order valence-electron chi connectivity index (χ0n) is 9.43. The number of nitrogens with two attached hydrogens (primary N) is 1. The van der Waals surface area contributed by atoms with Crippen LogP contribution in [0.15, 0.2) is 24.3 Å². The molecule has 1 heterocycles. The first kappa shape index (κ1) is 13.9. The Morgan fingerprint density at radius 1 is 1.53 bits per heavy atom. The third-order valence-electron chi connectivity index (χ3n) is 2.82. The fraction of sp³-hybridized carbons (Fsp3) is 0.417. The van der Waals surface area contributed by atoms with Crippen LogP contribution in [-0.2, 0) is 11.2 Å². The SMILES string of the molecule is Cl.N[C@@H]1CCN(C(=O)Cc2cccc(F)c2)C1. The van der Waals surface area contributed by atoms with Crippen molar-refractivity contribution in [3.05, 3.63) is 35.6 Å². The number of nitrogens with zero attached hydrogens (tertiary/aromatic N) is 1. The maximum atomic E-state index is 12.9. The first-order chi connectivity index (χ1) is 7.65. The third kappa shape index (κ3) is 3.68. The number of likely N-dealkylation sites (tertiary alicyclic amines) is 1. The molecule has 0 spiro atoms. The Balaban J connectivity index is 0.00000144. The second kappa shape index (κ2) is 5.98. The van der Waals surface area contributed by atoms with Crippen LogP contribution in [0.4, 0.5) is 4.39 Å². The molecule has 3 nitrogen and oxygen atoms in total. The molecule has 1 aromatic rings. The number of carbonyl (C=O) groups excluding carboxylic acids is 1. The lowest BCUT2D eigenvalue weighted by atomic mass is 10.1. The van der Waals surface area contributed by atoms with Gasteiger partial charge in [-0.05, 0) is 24.1 Å². The summed E-state index contributed by atoms with van der Waals surface area (Å²) < 4.78 is 12.9. The fourth-order valence-corrected chi connectivity index (χ4v) is 1.95. The van der Waals surface area contributed by atoms with Crippen molar-refractivity contribution in [1.29, 1.82) is 0 Å². The van der Waals surface area contributed by atoms with E-state index in [2.05, 4.69) is 0 Å². The standard InChI is InChI=1S/C12H15FN2O.ClH/c13-10-3-1-2-9(6-10)7-12(16)15-5-4-11(14)8-15;/h1-3,6,11H,4-5,7-8,14H2;1H/t11-;/m1./s1. The predicted octanol–water partition coefficient (Wildman–Crippen LogP) is 1.35. The highest BCUT2D eigenvalue weighted by molar-refractivity contribution is 5.85. The van der Waals surface area contributed by atoms with Gasteiger partial charge in [0.15, 0.2) is 0 Å². The van der Waals surface area contributed by atoms with Crippen LogP contribution in [0.25, 0.3) is 0 Å². The molecule has 5 heteroatoms. The number of hydrogen-bond acceptors (Lipinski definition) is 2. The number of hydrogen-bond donors (Lipinski definition) is 1. The molecule has 1 amide bonds. The average Bonchev–Trinajstić information content (AvgIpc) is 2.65. The van der Waals surface area contributed by atoms with Crippen molar-refractivity contribution in [2.45, 2.75) is 18.9 Å². The summed E-state index contributed by atoms with van der Waals surface area (Å²) >= 11 is 0. The molecular formula is C12H16ClFN2O. The van der Waals surface area contributed by atoms with Crippen LogP contribution < -0.4 is 5.73 Å². The second-order valence-corrected chi connectivity index (χ2v) is 4.20. The molecule has 0 saturated carbocycles. The van der Waals surface area contributed by atoms with Gasteiger partial charge in [0.2, 0.25) is 5.91 Å². The number of halogens is 2. The minimum atomic E-state index is -0.302. The van der Waals surface area contributed by atoms with E-state index in [-0.39, 0.29) is 36.6 Å². The number of amides is 1. The van der Waals surface area contributed by atoms with Crippen LogP contribution >= 0.6 is 12.4 Å². The van der Waals surface area contributed by atoms with Crippen LogP contribution in [0.1, 0.15) is 12.0 Å². The van der Waals surface area contributed by atoms with Crippen molar-refractivity contribution in [2.24, 2.45) is 5.73 Å². The van der Waals surface area contributed by atoms with Crippen LogP contribution in [0.2, 0.25) is 0 Å². The quantitative estimate of drug-likeness (QED) is 0.871. The summed E-state index contributed by atoms with van der Waals surface area (Å²) in [6.45, 7) is 1.34. The highest BCUT2D eigenvalue weighted by Gasteiger charge is 2.23. The van der Waals surface area contributed by atoms with E-state index in [1.54, 1.807) is 17.0 Å². The van der Waals surface area contributed by atoms with E-state index in [0.717, 1.165) is 13.0 Å². The van der Waals surface area contributed by atoms with Crippen molar-refractivity contribution >= 4 is 18.3 Å². The van der Waals surface area contributed by atoms with Crippen molar-refractivity contribution in [2.75, 3.05) is 13.1 Å². The summed E-state index contributed by atoms with van der Waals surface area (Å²) in [6.07, 6.45) is 1.11. The van der Waals surface area contributed by atoms with Gasteiger partial charge in [-0.2, -0.15) is 0 Å². The summed E-state index contributed by atoms with van der Waals surface area (Å²) in [5, 5.41) is 0. The van der Waals surface area contributed by atoms with Gasteiger partial charge in [-0.15, -0.1) is 12.4 Å². The average molecular weight is 259 g/mol. The molecule has 17 heavy (non-hydrogen) atoms. The monoisotopic (exact) mass is 258 g/mol. The van der Waals surface area contributed by atoms with E-state index in [4.69, 9.17) is 5.73 Å². The van der Waals surface area contributed by atoms with Crippen molar-refractivity contribution in [1.82, 2.24) is 4.90 Å². The fourth-order valence-electron chi connectivity index (χ4n) is 1.95. The molecule has 1 saturated heterocycles. The van der Waals surface area contributed by atoms with Gasteiger partial charge >= 0.3 is 0 Å². The summed E-state index contributed by atoms with van der Waals surface area (Å²) in [5.41, 5.74) is 6.44. The third-order valence-corrected chi connectivity index (χ3v) is 2.82. The molecule has 1 aromatic carbocycles. The molecule has 0 unspecified atom stereocenters. The first-order valence-corrected chi connectivity index (χ1v) is 5.43. The van der Waals surface area contributed by atoms with Gasteiger partial charge in [-0.25, -0.2) is 4.39 Å². The number of carbonyl (C=O) groups is 1. The topological polar surface area (TPSA) is 46.3 Å². The Kier molecular flexibility index (Phi) is 4.90. The van der Waals surface area contributed by atoms with E-state index in [9.17, 15) is 9.18 Å². The largest absolute Gasteiger partial charge is 0.341 e. The van der Waals surface area contributed by atoms with Crippen LogP contribution in [0.3, 0.4) is 0 Å². The lowest BCUT2D eigenvalue weighted by molar-refractivity contribution is -0.129. The zero-order chi connectivity index (χ0) is 11.5. The van der Waals surface area contributed by atoms with E-state index >= 15 is 0 Å². The van der Waals surface area contributed by atoms with E-state index in [0.29, 0.717) is 12.1 Å². The van der Waals surface area contributed by atoms with Gasteiger partial charge in [0.25, 0.3) is 0 Å². The molecule has 0 radical (unpaired) electrons. The summed E-state index contributed by atoms with van der Waals surface area (Å²) in [7, 11) is 0. The van der Waals surface area contributed by atoms with E-state index in [1.165, 1.54) is 12.1 Å². The van der Waals surface area contributed by atoms with Crippen LogP contribution in [0.5, 0.6) is 0 Å². The predicted molar refractivity (Wildman–Crippen MR) is 66.5 cm³/mol. The molecule has 2 rings (SSSR count). The molecule has 0 aromatic heterocycles. The highest BCUT2D eigenvalue weighted by atomic mass is 35.5. The minimum absolute atomic E-state index is 0. The van der Waals surface area contributed by atoms with Crippen molar-refractivity contribution in [3.8, 4) is 0 Å². The van der Waals surface area contributed by atoms with Crippen LogP contribution in [0, 0.1) is 5.82 Å². The van der Waals surface area contributed by atoms with Crippen molar-refractivity contribution < 1.29 is 9.18 Å². The Bertz CT molecular complexity index is 400. The maximum absolute atomic E-state index is 12.9. The number of benzene rings is 1. The highest BCUT2D eigenvalue weighted by Crippen LogP contribution is 2.11. The number of rotatable bonds is 2.